The first kappa shape index (κ1) is 12.9. The van der Waals surface area contributed by atoms with Crippen LogP contribution in [0.3, 0.4) is 0 Å². The van der Waals surface area contributed by atoms with E-state index in [4.69, 9.17) is 4.74 Å². The second-order valence-electron chi connectivity index (χ2n) is 4.54. The maximum Gasteiger partial charge on any atom is 0.315 e. The molecule has 0 aliphatic carbocycles. The van der Waals surface area contributed by atoms with Gasteiger partial charge in [0.1, 0.15) is 0 Å². The maximum atomic E-state index is 11.6. The number of aromatic nitrogens is 2. The van der Waals surface area contributed by atoms with E-state index >= 15 is 0 Å². The summed E-state index contributed by atoms with van der Waals surface area (Å²) in [5, 5.41) is 5.72. The molecule has 1 aromatic rings. The summed E-state index contributed by atoms with van der Waals surface area (Å²) in [7, 11) is 0. The van der Waals surface area contributed by atoms with E-state index < -0.39 is 0 Å². The van der Waals surface area contributed by atoms with E-state index in [9.17, 15) is 4.79 Å². The third-order valence-electron chi connectivity index (χ3n) is 3.10. The number of hydrogen-bond donors (Lipinski definition) is 2. The highest BCUT2D eigenvalue weighted by atomic mass is 16.5. The normalized spacial score (nSPS) is 20.6. The number of nitrogens with zero attached hydrogens (tertiary/aromatic N) is 2. The Balaban J connectivity index is 1.62. The van der Waals surface area contributed by atoms with Crippen LogP contribution in [0.15, 0.2) is 18.7 Å². The smallest absolute Gasteiger partial charge is 0.315 e. The van der Waals surface area contributed by atoms with Crippen LogP contribution in [0.25, 0.3) is 0 Å². The number of carbonyl (C=O) groups excluding carboxylic acids is 1. The third kappa shape index (κ3) is 3.73. The van der Waals surface area contributed by atoms with Crippen molar-refractivity contribution < 1.29 is 9.53 Å². The van der Waals surface area contributed by atoms with Gasteiger partial charge in [0.2, 0.25) is 0 Å². The molecular formula is C12H20N4O2. The molecule has 0 bridgehead atoms. The predicted octanol–water partition coefficient (Wildman–Crippen LogP) is 0.750. The van der Waals surface area contributed by atoms with Crippen molar-refractivity contribution in [1.29, 1.82) is 0 Å². The fourth-order valence-corrected chi connectivity index (χ4v) is 2.07. The van der Waals surface area contributed by atoms with Gasteiger partial charge in [-0.2, -0.15) is 0 Å². The van der Waals surface area contributed by atoms with Crippen molar-refractivity contribution in [2.75, 3.05) is 13.2 Å². The molecule has 0 radical (unpaired) electrons. The molecule has 18 heavy (non-hydrogen) atoms. The van der Waals surface area contributed by atoms with Crippen molar-refractivity contribution in [2.24, 2.45) is 0 Å². The molecule has 100 valence electrons. The molecule has 1 fully saturated rings. The van der Waals surface area contributed by atoms with E-state index in [1.807, 2.05) is 17.7 Å². The Morgan fingerprint density at radius 2 is 2.56 bits per heavy atom. The number of hydrogen-bond acceptors (Lipinski definition) is 3. The van der Waals surface area contributed by atoms with Crippen LogP contribution in [0.4, 0.5) is 4.79 Å². The largest absolute Gasteiger partial charge is 0.376 e. The first-order valence-corrected chi connectivity index (χ1v) is 6.37. The van der Waals surface area contributed by atoms with Gasteiger partial charge >= 0.3 is 6.03 Å². The van der Waals surface area contributed by atoms with Crippen LogP contribution in [0.5, 0.6) is 0 Å². The van der Waals surface area contributed by atoms with E-state index in [2.05, 4.69) is 15.6 Å². The van der Waals surface area contributed by atoms with E-state index in [1.165, 1.54) is 0 Å². The second kappa shape index (κ2) is 6.39. The number of rotatable bonds is 5. The van der Waals surface area contributed by atoms with Gasteiger partial charge in [0.05, 0.1) is 18.5 Å². The van der Waals surface area contributed by atoms with Crippen molar-refractivity contribution in [3.8, 4) is 0 Å². The van der Waals surface area contributed by atoms with Gasteiger partial charge in [-0.1, -0.05) is 0 Å². The molecule has 2 rings (SSSR count). The Labute approximate surface area is 107 Å². The molecule has 1 aliphatic rings. The Morgan fingerprint density at radius 1 is 1.67 bits per heavy atom. The van der Waals surface area contributed by atoms with Crippen molar-refractivity contribution in [1.82, 2.24) is 20.2 Å². The second-order valence-corrected chi connectivity index (χ2v) is 4.54. The van der Waals surface area contributed by atoms with Gasteiger partial charge in [0.25, 0.3) is 0 Å². The molecule has 0 spiro atoms. The molecule has 2 atom stereocenters. The van der Waals surface area contributed by atoms with Crippen LogP contribution in [-0.2, 0) is 11.3 Å². The monoisotopic (exact) mass is 252 g/mol. The number of ether oxygens (including phenoxy) is 1. The highest BCUT2D eigenvalue weighted by Gasteiger charge is 2.23. The molecule has 0 saturated carbocycles. The average Bonchev–Trinajstić information content (AvgIpc) is 3.02. The third-order valence-corrected chi connectivity index (χ3v) is 3.10. The van der Waals surface area contributed by atoms with Crippen molar-refractivity contribution in [2.45, 2.75) is 38.5 Å². The Bertz CT molecular complexity index is 360. The van der Waals surface area contributed by atoms with Crippen LogP contribution in [0.2, 0.25) is 0 Å². The lowest BCUT2D eigenvalue weighted by atomic mass is 10.1. The van der Waals surface area contributed by atoms with E-state index in [0.29, 0.717) is 6.54 Å². The van der Waals surface area contributed by atoms with Gasteiger partial charge in [-0.3, -0.25) is 0 Å². The minimum absolute atomic E-state index is 0.0562. The lowest BCUT2D eigenvalue weighted by molar-refractivity contribution is 0.0860. The van der Waals surface area contributed by atoms with Gasteiger partial charge < -0.3 is 19.9 Å². The van der Waals surface area contributed by atoms with Crippen molar-refractivity contribution >= 4 is 6.03 Å². The lowest BCUT2D eigenvalue weighted by Gasteiger charge is -2.20. The van der Waals surface area contributed by atoms with Crippen LogP contribution >= 0.6 is 0 Å². The number of imidazole rings is 1. The molecule has 6 nitrogen and oxygen atoms in total. The zero-order valence-corrected chi connectivity index (χ0v) is 10.6. The Morgan fingerprint density at radius 3 is 3.22 bits per heavy atom. The molecule has 1 aromatic heterocycles. The first-order valence-electron chi connectivity index (χ1n) is 6.37. The number of carbonyl (C=O) groups is 1. The highest BCUT2D eigenvalue weighted by Crippen LogP contribution is 2.15. The minimum Gasteiger partial charge on any atom is -0.376 e. The summed E-state index contributed by atoms with van der Waals surface area (Å²) in [6.07, 6.45) is 7.59. The van der Waals surface area contributed by atoms with Crippen molar-refractivity contribution in [3.05, 3.63) is 18.7 Å². The molecule has 2 amide bonds. The molecule has 6 heteroatoms. The summed E-state index contributed by atoms with van der Waals surface area (Å²) >= 11 is 0. The molecule has 0 aromatic carbocycles. The summed E-state index contributed by atoms with van der Waals surface area (Å²) in [4.78, 5) is 15.6. The van der Waals surface area contributed by atoms with Crippen molar-refractivity contribution in [3.63, 3.8) is 0 Å². The standard InChI is InChI=1S/C12H20N4O2/c1-10(11-3-2-8-18-11)15-12(17)14-5-7-16-6-4-13-9-16/h4,6,9-11H,2-3,5,7-8H2,1H3,(H2,14,15,17)/t10-,11-/m0/s1. The summed E-state index contributed by atoms with van der Waals surface area (Å²) in [6, 6.07) is -0.0844. The maximum absolute atomic E-state index is 11.6. The van der Waals surface area contributed by atoms with Gasteiger partial charge in [0, 0.05) is 32.1 Å². The van der Waals surface area contributed by atoms with Crippen LogP contribution in [0, 0.1) is 0 Å². The fourth-order valence-electron chi connectivity index (χ4n) is 2.07. The van der Waals surface area contributed by atoms with Crippen LogP contribution in [-0.4, -0.2) is 40.9 Å². The van der Waals surface area contributed by atoms with E-state index in [1.54, 1.807) is 12.5 Å². The van der Waals surface area contributed by atoms with Gasteiger partial charge in [-0.05, 0) is 19.8 Å². The van der Waals surface area contributed by atoms with Gasteiger partial charge in [0.15, 0.2) is 0 Å². The van der Waals surface area contributed by atoms with Gasteiger partial charge in [-0.25, -0.2) is 9.78 Å². The Hall–Kier alpha value is -1.56. The van der Waals surface area contributed by atoms with E-state index in [0.717, 1.165) is 26.0 Å². The number of nitrogens with one attached hydrogen (secondary N) is 2. The SMILES string of the molecule is C[C@H](NC(=O)NCCn1ccnc1)[C@@H]1CCCO1. The zero-order valence-electron chi connectivity index (χ0n) is 10.6. The van der Waals surface area contributed by atoms with Gasteiger partial charge in [-0.15, -0.1) is 0 Å². The quantitative estimate of drug-likeness (QED) is 0.812. The number of urea groups is 1. The molecule has 1 aliphatic heterocycles. The highest BCUT2D eigenvalue weighted by molar-refractivity contribution is 5.74. The summed E-state index contributed by atoms with van der Waals surface area (Å²) in [5.74, 6) is 0. The zero-order chi connectivity index (χ0) is 12.8. The topological polar surface area (TPSA) is 68.2 Å². The van der Waals surface area contributed by atoms with Crippen LogP contribution < -0.4 is 10.6 Å². The fraction of sp³-hybridized carbons (Fsp3) is 0.667. The molecular weight excluding hydrogens is 232 g/mol. The van der Waals surface area contributed by atoms with Crippen LogP contribution in [0.1, 0.15) is 19.8 Å². The van der Waals surface area contributed by atoms with E-state index in [-0.39, 0.29) is 18.2 Å². The Kier molecular flexibility index (Phi) is 4.58. The minimum atomic E-state index is -0.141. The molecule has 0 unspecified atom stereocenters. The molecule has 1 saturated heterocycles. The summed E-state index contributed by atoms with van der Waals surface area (Å²) in [6.45, 7) is 4.09. The molecule has 2 heterocycles. The summed E-state index contributed by atoms with van der Waals surface area (Å²) in [5.41, 5.74) is 0. The molecule has 2 N–H and O–H groups in total. The number of amides is 2. The lowest BCUT2D eigenvalue weighted by Crippen LogP contribution is -2.46. The first-order chi connectivity index (χ1) is 8.75. The average molecular weight is 252 g/mol. The summed E-state index contributed by atoms with van der Waals surface area (Å²) < 4.78 is 7.44. The predicted molar refractivity (Wildman–Crippen MR) is 67.2 cm³/mol.